The zero-order valence-corrected chi connectivity index (χ0v) is 16.4. The molecular formula is C23H22N3OS+. The zero-order valence-electron chi connectivity index (χ0n) is 15.6. The molecule has 2 heterocycles. The average molecular weight is 389 g/mol. The van der Waals surface area contributed by atoms with E-state index >= 15 is 0 Å². The van der Waals surface area contributed by atoms with Gasteiger partial charge in [0.15, 0.2) is 0 Å². The van der Waals surface area contributed by atoms with Gasteiger partial charge in [0.05, 0.1) is 41.9 Å². The summed E-state index contributed by atoms with van der Waals surface area (Å²) in [6.07, 6.45) is 0. The van der Waals surface area contributed by atoms with E-state index in [4.69, 9.17) is 0 Å². The van der Waals surface area contributed by atoms with Gasteiger partial charge in [-0.25, -0.2) is 4.98 Å². The summed E-state index contributed by atoms with van der Waals surface area (Å²) in [4.78, 5) is 20.7. The summed E-state index contributed by atoms with van der Waals surface area (Å²) in [5.74, 6) is 0.138. The van der Waals surface area contributed by atoms with Gasteiger partial charge in [0, 0.05) is 11.1 Å². The average Bonchev–Trinajstić information content (AvgIpc) is 3.22. The maximum absolute atomic E-state index is 12.9. The summed E-state index contributed by atoms with van der Waals surface area (Å²) in [5, 5.41) is 2.64. The minimum atomic E-state index is 0.138. The fourth-order valence-electron chi connectivity index (χ4n) is 4.09. The van der Waals surface area contributed by atoms with Gasteiger partial charge in [0.25, 0.3) is 5.91 Å². The van der Waals surface area contributed by atoms with Crippen LogP contribution in [-0.2, 0) is 6.54 Å². The van der Waals surface area contributed by atoms with Crippen molar-refractivity contribution in [3.8, 4) is 0 Å². The van der Waals surface area contributed by atoms with Crippen LogP contribution < -0.4 is 4.90 Å². The molecule has 0 atom stereocenters. The second-order valence-electron chi connectivity index (χ2n) is 7.39. The Kier molecular flexibility index (Phi) is 4.55. The fraction of sp³-hybridized carbons (Fsp3) is 0.217. The van der Waals surface area contributed by atoms with E-state index in [1.807, 2.05) is 28.6 Å². The van der Waals surface area contributed by atoms with E-state index in [0.29, 0.717) is 0 Å². The Hall–Kier alpha value is -2.76. The maximum Gasteiger partial charge on any atom is 0.254 e. The third-order valence-electron chi connectivity index (χ3n) is 5.66. The third-order valence-corrected chi connectivity index (χ3v) is 6.45. The quantitative estimate of drug-likeness (QED) is 0.586. The summed E-state index contributed by atoms with van der Waals surface area (Å²) in [5.41, 5.74) is 4.96. The van der Waals surface area contributed by atoms with Crippen LogP contribution in [0.3, 0.4) is 0 Å². The molecule has 0 bridgehead atoms. The first-order valence-electron chi connectivity index (χ1n) is 9.71. The number of quaternary nitrogens is 1. The molecule has 1 aliphatic rings. The van der Waals surface area contributed by atoms with Crippen molar-refractivity contribution in [3.63, 3.8) is 0 Å². The predicted molar refractivity (Wildman–Crippen MR) is 114 cm³/mol. The maximum atomic E-state index is 12.9. The van der Waals surface area contributed by atoms with Gasteiger partial charge in [-0.3, -0.25) is 4.79 Å². The van der Waals surface area contributed by atoms with Crippen molar-refractivity contribution in [1.82, 2.24) is 9.88 Å². The molecule has 0 spiro atoms. The standard InChI is InChI=1S/C23H21N3OS/c27-23(18-8-9-21-22(14-18)28-16-24-21)26-12-10-25(11-13-26)15-19-6-3-5-17-4-1-2-7-20(17)19/h1-9,14,16H,10-13,15H2/p+1. The van der Waals surface area contributed by atoms with E-state index in [-0.39, 0.29) is 5.91 Å². The van der Waals surface area contributed by atoms with Crippen molar-refractivity contribution in [2.75, 3.05) is 26.2 Å². The Balaban J connectivity index is 1.26. The molecule has 1 aliphatic heterocycles. The fourth-order valence-corrected chi connectivity index (χ4v) is 4.81. The topological polar surface area (TPSA) is 37.6 Å². The van der Waals surface area contributed by atoms with Crippen LogP contribution in [0.1, 0.15) is 15.9 Å². The molecule has 1 fully saturated rings. The number of nitrogens with one attached hydrogen (secondary N) is 1. The summed E-state index contributed by atoms with van der Waals surface area (Å²) in [6.45, 7) is 4.59. The minimum absolute atomic E-state index is 0.138. The molecule has 140 valence electrons. The molecular weight excluding hydrogens is 366 g/mol. The molecule has 1 amide bonds. The Labute approximate surface area is 168 Å². The lowest BCUT2D eigenvalue weighted by Gasteiger charge is -2.32. The smallest absolute Gasteiger partial charge is 0.254 e. The van der Waals surface area contributed by atoms with Gasteiger partial charge in [0.1, 0.15) is 6.54 Å². The van der Waals surface area contributed by atoms with E-state index in [2.05, 4.69) is 47.4 Å². The van der Waals surface area contributed by atoms with Crippen LogP contribution in [0.5, 0.6) is 0 Å². The van der Waals surface area contributed by atoms with Crippen molar-refractivity contribution >= 4 is 38.2 Å². The molecule has 1 N–H and O–H groups in total. The first-order chi connectivity index (χ1) is 13.8. The van der Waals surface area contributed by atoms with E-state index in [0.717, 1.165) is 48.5 Å². The van der Waals surface area contributed by atoms with E-state index in [1.54, 1.807) is 16.2 Å². The highest BCUT2D eigenvalue weighted by atomic mass is 32.1. The highest BCUT2D eigenvalue weighted by Crippen LogP contribution is 2.20. The molecule has 1 aromatic heterocycles. The third kappa shape index (κ3) is 3.28. The Morgan fingerprint density at radius 3 is 2.75 bits per heavy atom. The molecule has 0 unspecified atom stereocenters. The first-order valence-corrected chi connectivity index (χ1v) is 10.6. The predicted octanol–water partition coefficient (Wildman–Crippen LogP) is 2.99. The lowest BCUT2D eigenvalue weighted by molar-refractivity contribution is -0.917. The van der Waals surface area contributed by atoms with Crippen molar-refractivity contribution < 1.29 is 9.69 Å². The first kappa shape index (κ1) is 17.3. The molecule has 5 rings (SSSR count). The van der Waals surface area contributed by atoms with Gasteiger partial charge in [-0.05, 0) is 29.0 Å². The lowest BCUT2D eigenvalue weighted by atomic mass is 10.0. The van der Waals surface area contributed by atoms with Crippen molar-refractivity contribution in [2.24, 2.45) is 0 Å². The van der Waals surface area contributed by atoms with Gasteiger partial charge in [-0.15, -0.1) is 11.3 Å². The Morgan fingerprint density at radius 2 is 1.86 bits per heavy atom. The number of nitrogens with zero attached hydrogens (tertiary/aromatic N) is 2. The number of fused-ring (bicyclic) bond motifs is 2. The van der Waals surface area contributed by atoms with Crippen molar-refractivity contribution in [2.45, 2.75) is 6.54 Å². The van der Waals surface area contributed by atoms with Gasteiger partial charge >= 0.3 is 0 Å². The number of aromatic nitrogens is 1. The van der Waals surface area contributed by atoms with Crippen LogP contribution in [-0.4, -0.2) is 42.0 Å². The number of rotatable bonds is 3. The molecule has 0 radical (unpaired) electrons. The van der Waals surface area contributed by atoms with Gasteiger partial charge in [0.2, 0.25) is 0 Å². The van der Waals surface area contributed by atoms with Crippen molar-refractivity contribution in [1.29, 1.82) is 0 Å². The number of amides is 1. The van der Waals surface area contributed by atoms with Crippen LogP contribution in [0.2, 0.25) is 0 Å². The summed E-state index contributed by atoms with van der Waals surface area (Å²) in [7, 11) is 0. The molecule has 3 aromatic carbocycles. The van der Waals surface area contributed by atoms with Crippen LogP contribution >= 0.6 is 11.3 Å². The van der Waals surface area contributed by atoms with Crippen LogP contribution in [0, 0.1) is 0 Å². The Morgan fingerprint density at radius 1 is 1.04 bits per heavy atom. The largest absolute Gasteiger partial charge is 0.328 e. The minimum Gasteiger partial charge on any atom is -0.328 e. The molecule has 0 saturated carbocycles. The van der Waals surface area contributed by atoms with Gasteiger partial charge in [-0.1, -0.05) is 42.5 Å². The van der Waals surface area contributed by atoms with Gasteiger partial charge in [-0.2, -0.15) is 0 Å². The van der Waals surface area contributed by atoms with Crippen LogP contribution in [0.4, 0.5) is 0 Å². The number of hydrogen-bond acceptors (Lipinski definition) is 3. The lowest BCUT2D eigenvalue weighted by Crippen LogP contribution is -3.13. The number of hydrogen-bond donors (Lipinski definition) is 1. The van der Waals surface area contributed by atoms with E-state index < -0.39 is 0 Å². The van der Waals surface area contributed by atoms with Crippen LogP contribution in [0.25, 0.3) is 21.0 Å². The highest BCUT2D eigenvalue weighted by Gasteiger charge is 2.25. The SMILES string of the molecule is O=C(c1ccc2ncsc2c1)N1CC[NH+](Cc2cccc3ccccc23)CC1. The monoisotopic (exact) mass is 388 g/mol. The van der Waals surface area contributed by atoms with Crippen molar-refractivity contribution in [3.05, 3.63) is 77.3 Å². The number of thiazole rings is 1. The summed E-state index contributed by atoms with van der Waals surface area (Å²) in [6, 6.07) is 21.0. The normalized spacial score (nSPS) is 15.4. The number of carbonyl (C=O) groups is 1. The summed E-state index contributed by atoms with van der Waals surface area (Å²) >= 11 is 1.58. The molecule has 28 heavy (non-hydrogen) atoms. The highest BCUT2D eigenvalue weighted by molar-refractivity contribution is 7.16. The van der Waals surface area contributed by atoms with E-state index in [9.17, 15) is 4.79 Å². The Bertz CT molecular complexity index is 1140. The molecule has 5 heteroatoms. The molecule has 4 nitrogen and oxygen atoms in total. The number of piperazine rings is 1. The van der Waals surface area contributed by atoms with Crippen LogP contribution in [0.15, 0.2) is 66.2 Å². The molecule has 0 aliphatic carbocycles. The summed E-state index contributed by atoms with van der Waals surface area (Å²) < 4.78 is 1.08. The second-order valence-corrected chi connectivity index (χ2v) is 8.28. The zero-order chi connectivity index (χ0) is 18.9. The number of benzene rings is 3. The molecule has 4 aromatic rings. The molecule has 1 saturated heterocycles. The van der Waals surface area contributed by atoms with Gasteiger partial charge < -0.3 is 9.80 Å². The van der Waals surface area contributed by atoms with E-state index in [1.165, 1.54) is 16.3 Å². The number of carbonyl (C=O) groups excluding carboxylic acids is 1. The second kappa shape index (κ2) is 7.34.